The van der Waals surface area contributed by atoms with E-state index in [0.29, 0.717) is 11.8 Å². The van der Waals surface area contributed by atoms with Crippen molar-refractivity contribution in [3.05, 3.63) is 0 Å². The van der Waals surface area contributed by atoms with Crippen LogP contribution in [0.15, 0.2) is 0 Å². The van der Waals surface area contributed by atoms with Crippen molar-refractivity contribution in [2.45, 2.75) is 51.9 Å². The van der Waals surface area contributed by atoms with Gasteiger partial charge in [-0.15, -0.1) is 11.6 Å². The number of halogens is 1. The molecule has 1 aliphatic carbocycles. The van der Waals surface area contributed by atoms with Crippen molar-refractivity contribution in [3.8, 4) is 0 Å². The maximum absolute atomic E-state index is 12.6. The average Bonchev–Trinajstić information content (AvgIpc) is 2.78. The highest BCUT2D eigenvalue weighted by atomic mass is 35.5. The van der Waals surface area contributed by atoms with Crippen LogP contribution in [-0.4, -0.2) is 29.8 Å². The Morgan fingerprint density at radius 3 is 2.71 bits per heavy atom. The van der Waals surface area contributed by atoms with Gasteiger partial charge in [-0.3, -0.25) is 4.79 Å². The largest absolute Gasteiger partial charge is 0.342 e. The predicted molar refractivity (Wildman–Crippen MR) is 71.2 cm³/mol. The van der Waals surface area contributed by atoms with Crippen LogP contribution in [0.25, 0.3) is 0 Å². The SMILES string of the molecule is CC1(C(=O)N2CCC(CCCl)C2)CCCCC1. The van der Waals surface area contributed by atoms with E-state index >= 15 is 0 Å². The molecule has 0 aromatic carbocycles. The normalized spacial score (nSPS) is 28.4. The fraction of sp³-hybridized carbons (Fsp3) is 0.929. The lowest BCUT2D eigenvalue weighted by Gasteiger charge is -2.35. The van der Waals surface area contributed by atoms with Gasteiger partial charge >= 0.3 is 0 Å². The zero-order valence-corrected chi connectivity index (χ0v) is 11.6. The summed E-state index contributed by atoms with van der Waals surface area (Å²) in [4.78, 5) is 14.7. The summed E-state index contributed by atoms with van der Waals surface area (Å²) in [5.41, 5.74) is -0.0614. The quantitative estimate of drug-likeness (QED) is 0.710. The van der Waals surface area contributed by atoms with Crippen LogP contribution in [0, 0.1) is 11.3 Å². The van der Waals surface area contributed by atoms with Gasteiger partial charge in [-0.1, -0.05) is 26.2 Å². The molecule has 2 aliphatic rings. The number of alkyl halides is 1. The topological polar surface area (TPSA) is 20.3 Å². The van der Waals surface area contributed by atoms with Crippen LogP contribution in [0.2, 0.25) is 0 Å². The minimum absolute atomic E-state index is 0.0614. The Kier molecular flexibility index (Phi) is 4.35. The summed E-state index contributed by atoms with van der Waals surface area (Å²) >= 11 is 5.78. The van der Waals surface area contributed by atoms with E-state index in [-0.39, 0.29) is 5.41 Å². The molecule has 0 spiro atoms. The first-order chi connectivity index (χ1) is 8.15. The molecular weight excluding hydrogens is 234 g/mol. The first-order valence-electron chi connectivity index (χ1n) is 7.01. The molecule has 0 aromatic heterocycles. The summed E-state index contributed by atoms with van der Waals surface area (Å²) in [6, 6.07) is 0. The fourth-order valence-corrected chi connectivity index (χ4v) is 3.64. The molecular formula is C14H24ClNO. The van der Waals surface area contributed by atoms with Crippen LogP contribution in [0.4, 0.5) is 0 Å². The molecule has 1 amide bonds. The van der Waals surface area contributed by atoms with Crippen molar-refractivity contribution >= 4 is 17.5 Å². The van der Waals surface area contributed by atoms with E-state index in [1.165, 1.54) is 19.3 Å². The summed E-state index contributed by atoms with van der Waals surface area (Å²) in [7, 11) is 0. The average molecular weight is 258 g/mol. The molecule has 2 rings (SSSR count). The molecule has 0 N–H and O–H groups in total. The highest BCUT2D eigenvalue weighted by molar-refractivity contribution is 6.17. The maximum Gasteiger partial charge on any atom is 0.228 e. The molecule has 0 bridgehead atoms. The predicted octanol–water partition coefficient (Wildman–Crippen LogP) is 3.43. The number of likely N-dealkylation sites (tertiary alicyclic amines) is 1. The van der Waals surface area contributed by atoms with E-state index in [1.54, 1.807) is 0 Å². The first kappa shape index (κ1) is 13.2. The molecule has 1 saturated heterocycles. The van der Waals surface area contributed by atoms with Crippen molar-refractivity contribution in [1.29, 1.82) is 0 Å². The fourth-order valence-electron chi connectivity index (χ4n) is 3.33. The van der Waals surface area contributed by atoms with Gasteiger partial charge in [0.2, 0.25) is 5.91 Å². The molecule has 1 atom stereocenters. The van der Waals surface area contributed by atoms with Crippen LogP contribution < -0.4 is 0 Å². The van der Waals surface area contributed by atoms with Crippen LogP contribution in [0.3, 0.4) is 0 Å². The van der Waals surface area contributed by atoms with Crippen LogP contribution >= 0.6 is 11.6 Å². The highest BCUT2D eigenvalue weighted by Gasteiger charge is 2.39. The zero-order valence-electron chi connectivity index (χ0n) is 10.9. The number of amides is 1. The number of nitrogens with zero attached hydrogens (tertiary/aromatic N) is 1. The molecule has 1 heterocycles. The number of hydrogen-bond donors (Lipinski definition) is 0. The van der Waals surface area contributed by atoms with Gasteiger partial charge in [-0.25, -0.2) is 0 Å². The Bertz CT molecular complexity index is 273. The standard InChI is InChI=1S/C14H24ClNO/c1-14(7-3-2-4-8-14)13(17)16-10-6-12(11-16)5-9-15/h12H,2-11H2,1H3. The second-order valence-corrected chi connectivity index (χ2v) is 6.38. The van der Waals surface area contributed by atoms with Gasteiger partial charge in [0, 0.05) is 24.4 Å². The van der Waals surface area contributed by atoms with Crippen molar-refractivity contribution in [2.24, 2.45) is 11.3 Å². The van der Waals surface area contributed by atoms with E-state index in [0.717, 1.165) is 44.7 Å². The van der Waals surface area contributed by atoms with E-state index in [9.17, 15) is 4.79 Å². The Balaban J connectivity index is 1.91. The van der Waals surface area contributed by atoms with Crippen LogP contribution in [0.1, 0.15) is 51.9 Å². The monoisotopic (exact) mass is 257 g/mol. The lowest BCUT2D eigenvalue weighted by atomic mass is 9.74. The molecule has 0 aromatic rings. The summed E-state index contributed by atoms with van der Waals surface area (Å²) < 4.78 is 0. The molecule has 17 heavy (non-hydrogen) atoms. The molecule has 3 heteroatoms. The van der Waals surface area contributed by atoms with Crippen molar-refractivity contribution in [3.63, 3.8) is 0 Å². The van der Waals surface area contributed by atoms with E-state index < -0.39 is 0 Å². The van der Waals surface area contributed by atoms with Gasteiger partial charge in [-0.2, -0.15) is 0 Å². The summed E-state index contributed by atoms with van der Waals surface area (Å²) in [5, 5.41) is 0. The molecule has 1 saturated carbocycles. The Morgan fingerprint density at radius 1 is 1.35 bits per heavy atom. The zero-order chi connectivity index (χ0) is 12.3. The number of rotatable bonds is 3. The number of hydrogen-bond acceptors (Lipinski definition) is 1. The molecule has 1 aliphatic heterocycles. The van der Waals surface area contributed by atoms with Gasteiger partial charge in [0.15, 0.2) is 0 Å². The third kappa shape index (κ3) is 2.96. The van der Waals surface area contributed by atoms with E-state index in [2.05, 4.69) is 11.8 Å². The molecule has 1 unspecified atom stereocenters. The second kappa shape index (κ2) is 5.60. The Hall–Kier alpha value is -0.240. The molecule has 0 radical (unpaired) electrons. The van der Waals surface area contributed by atoms with Gasteiger partial charge in [0.25, 0.3) is 0 Å². The van der Waals surface area contributed by atoms with Gasteiger partial charge < -0.3 is 4.90 Å². The second-order valence-electron chi connectivity index (χ2n) is 6.00. The number of carbonyl (C=O) groups is 1. The molecule has 2 nitrogen and oxygen atoms in total. The Morgan fingerprint density at radius 2 is 2.06 bits per heavy atom. The Labute approximate surface area is 110 Å². The minimum atomic E-state index is -0.0614. The number of carbonyl (C=O) groups excluding carboxylic acids is 1. The summed E-state index contributed by atoms with van der Waals surface area (Å²) in [5.74, 6) is 1.78. The van der Waals surface area contributed by atoms with Crippen molar-refractivity contribution < 1.29 is 4.79 Å². The summed E-state index contributed by atoms with van der Waals surface area (Å²) in [6.07, 6.45) is 8.13. The van der Waals surface area contributed by atoms with Crippen molar-refractivity contribution in [2.75, 3.05) is 19.0 Å². The first-order valence-corrected chi connectivity index (χ1v) is 7.54. The summed E-state index contributed by atoms with van der Waals surface area (Å²) in [6.45, 7) is 4.07. The molecule has 2 fully saturated rings. The lowest BCUT2D eigenvalue weighted by molar-refractivity contribution is -0.142. The lowest BCUT2D eigenvalue weighted by Crippen LogP contribution is -2.42. The molecule has 98 valence electrons. The minimum Gasteiger partial charge on any atom is -0.342 e. The van der Waals surface area contributed by atoms with E-state index in [4.69, 9.17) is 11.6 Å². The van der Waals surface area contributed by atoms with Gasteiger partial charge in [-0.05, 0) is 31.6 Å². The van der Waals surface area contributed by atoms with E-state index in [1.807, 2.05) is 0 Å². The highest BCUT2D eigenvalue weighted by Crippen LogP contribution is 2.38. The van der Waals surface area contributed by atoms with Gasteiger partial charge in [0.05, 0.1) is 0 Å². The van der Waals surface area contributed by atoms with Crippen LogP contribution in [0.5, 0.6) is 0 Å². The smallest absolute Gasteiger partial charge is 0.228 e. The third-order valence-corrected chi connectivity index (χ3v) is 4.78. The van der Waals surface area contributed by atoms with Crippen molar-refractivity contribution in [1.82, 2.24) is 4.90 Å². The van der Waals surface area contributed by atoms with Gasteiger partial charge in [0.1, 0.15) is 0 Å². The van der Waals surface area contributed by atoms with Crippen LogP contribution in [-0.2, 0) is 4.79 Å². The maximum atomic E-state index is 12.6. The third-order valence-electron chi connectivity index (χ3n) is 4.56.